The summed E-state index contributed by atoms with van der Waals surface area (Å²) in [5, 5.41) is 6.22. The van der Waals surface area contributed by atoms with E-state index in [4.69, 9.17) is 11.6 Å². The van der Waals surface area contributed by atoms with Crippen LogP contribution in [-0.4, -0.2) is 14.6 Å². The zero-order chi connectivity index (χ0) is 8.72. The Morgan fingerprint density at radius 1 is 1.67 bits per heavy atom. The molecule has 2 aromatic heterocycles. The molecule has 0 aromatic carbocycles. The number of hydrogen-bond acceptors (Lipinski definition) is 2. The number of aromatic nitrogens is 3. The van der Waals surface area contributed by atoms with Crippen molar-refractivity contribution in [3.8, 4) is 0 Å². The molecule has 1 N–H and O–H groups in total. The molecule has 2 aromatic rings. The summed E-state index contributed by atoms with van der Waals surface area (Å²) in [7, 11) is 0. The zero-order valence-corrected chi connectivity index (χ0v) is 7.09. The molecule has 2 heterocycles. The van der Waals surface area contributed by atoms with Crippen LogP contribution in [0.15, 0.2) is 17.1 Å². The predicted octanol–water partition coefficient (Wildman–Crippen LogP) is 0.984. The van der Waals surface area contributed by atoms with E-state index in [1.807, 2.05) is 13.0 Å². The van der Waals surface area contributed by atoms with Gasteiger partial charge < -0.3 is 0 Å². The number of rotatable bonds is 0. The van der Waals surface area contributed by atoms with Crippen LogP contribution in [0, 0.1) is 6.92 Å². The van der Waals surface area contributed by atoms with Crippen LogP contribution in [0.3, 0.4) is 0 Å². The van der Waals surface area contributed by atoms with E-state index in [0.29, 0.717) is 10.7 Å². The highest BCUT2D eigenvalue weighted by molar-refractivity contribution is 6.32. The molecule has 0 saturated heterocycles. The van der Waals surface area contributed by atoms with Crippen molar-refractivity contribution in [1.82, 2.24) is 14.6 Å². The second-order valence-corrected chi connectivity index (χ2v) is 2.95. The molecule has 0 aliphatic rings. The molecule has 0 fully saturated rings. The Balaban J connectivity index is 3.03. The summed E-state index contributed by atoms with van der Waals surface area (Å²) in [6.07, 6.45) is 1.71. The molecule has 0 saturated carbocycles. The molecule has 0 aliphatic carbocycles. The summed E-state index contributed by atoms with van der Waals surface area (Å²) in [4.78, 5) is 11.1. The number of hydrogen-bond donors (Lipinski definition) is 1. The summed E-state index contributed by atoms with van der Waals surface area (Å²) in [6, 6.07) is 1.81. The first kappa shape index (κ1) is 7.36. The van der Waals surface area contributed by atoms with Gasteiger partial charge >= 0.3 is 5.69 Å². The molecular weight excluding hydrogens is 178 g/mol. The molecule has 0 amide bonds. The van der Waals surface area contributed by atoms with Gasteiger partial charge in [0.1, 0.15) is 0 Å². The van der Waals surface area contributed by atoms with Crippen molar-refractivity contribution in [2.45, 2.75) is 6.92 Å². The Labute approximate surface area is 72.8 Å². The van der Waals surface area contributed by atoms with Crippen LogP contribution in [0.5, 0.6) is 0 Å². The van der Waals surface area contributed by atoms with E-state index in [2.05, 4.69) is 10.2 Å². The van der Waals surface area contributed by atoms with Crippen molar-refractivity contribution < 1.29 is 0 Å². The maximum atomic E-state index is 11.1. The SMILES string of the molecule is Cc1cc2c(Cl)n[nH]c(=O)n2c1. The molecule has 2 rings (SSSR count). The Bertz CT molecular complexity index is 485. The Kier molecular flexibility index (Phi) is 1.44. The van der Waals surface area contributed by atoms with Gasteiger partial charge in [0.15, 0.2) is 5.15 Å². The average Bonchev–Trinajstić information content (AvgIpc) is 2.41. The first-order valence-electron chi connectivity index (χ1n) is 3.41. The lowest BCUT2D eigenvalue weighted by molar-refractivity contribution is 0.889. The molecule has 0 radical (unpaired) electrons. The van der Waals surface area contributed by atoms with Gasteiger partial charge in [0.2, 0.25) is 0 Å². The number of nitrogens with one attached hydrogen (secondary N) is 1. The lowest BCUT2D eigenvalue weighted by atomic mass is 10.4. The van der Waals surface area contributed by atoms with Crippen LogP contribution < -0.4 is 5.69 Å². The summed E-state index contributed by atoms with van der Waals surface area (Å²) in [5.74, 6) is 0. The van der Waals surface area contributed by atoms with Gasteiger partial charge in [0.05, 0.1) is 5.52 Å². The van der Waals surface area contributed by atoms with Gasteiger partial charge in [-0.2, -0.15) is 5.10 Å². The standard InChI is InChI=1S/C7H6ClN3O/c1-4-2-5-6(8)9-10-7(12)11(5)3-4/h2-3H,1H3,(H,10,12). The maximum absolute atomic E-state index is 11.1. The quantitative estimate of drug-likeness (QED) is 0.662. The molecule has 62 valence electrons. The molecule has 5 heteroatoms. The van der Waals surface area contributed by atoms with E-state index in [-0.39, 0.29) is 5.69 Å². The fraction of sp³-hybridized carbons (Fsp3) is 0.143. The fourth-order valence-corrected chi connectivity index (χ4v) is 1.32. The van der Waals surface area contributed by atoms with Crippen LogP contribution in [0.1, 0.15) is 5.56 Å². The number of fused-ring (bicyclic) bond motifs is 1. The highest BCUT2D eigenvalue weighted by atomic mass is 35.5. The largest absolute Gasteiger partial charge is 0.346 e. The van der Waals surface area contributed by atoms with Gasteiger partial charge in [-0.25, -0.2) is 9.89 Å². The van der Waals surface area contributed by atoms with Crippen molar-refractivity contribution in [2.75, 3.05) is 0 Å². The third kappa shape index (κ3) is 0.921. The lowest BCUT2D eigenvalue weighted by Gasteiger charge is -1.92. The van der Waals surface area contributed by atoms with E-state index >= 15 is 0 Å². The van der Waals surface area contributed by atoms with Gasteiger partial charge in [-0.3, -0.25) is 4.40 Å². The van der Waals surface area contributed by atoms with Crippen LogP contribution >= 0.6 is 11.6 Å². The third-order valence-corrected chi connectivity index (χ3v) is 1.91. The van der Waals surface area contributed by atoms with Crippen LogP contribution in [-0.2, 0) is 0 Å². The van der Waals surface area contributed by atoms with Crippen molar-refractivity contribution >= 4 is 17.1 Å². The molecular formula is C7H6ClN3O. The number of aromatic amines is 1. The van der Waals surface area contributed by atoms with Crippen LogP contribution in [0.4, 0.5) is 0 Å². The van der Waals surface area contributed by atoms with Gasteiger partial charge in [-0.15, -0.1) is 0 Å². The molecule has 0 aliphatic heterocycles. The van der Waals surface area contributed by atoms with E-state index in [0.717, 1.165) is 5.56 Å². The van der Waals surface area contributed by atoms with Crippen molar-refractivity contribution in [3.05, 3.63) is 33.5 Å². The number of halogens is 1. The number of H-pyrrole nitrogens is 1. The van der Waals surface area contributed by atoms with Crippen LogP contribution in [0.2, 0.25) is 5.15 Å². The van der Waals surface area contributed by atoms with Gasteiger partial charge in [0.25, 0.3) is 0 Å². The normalized spacial score (nSPS) is 10.8. The summed E-state index contributed by atoms with van der Waals surface area (Å²) >= 11 is 5.74. The van der Waals surface area contributed by atoms with Crippen molar-refractivity contribution in [2.24, 2.45) is 0 Å². The molecule has 0 atom stereocenters. The second-order valence-electron chi connectivity index (χ2n) is 2.59. The maximum Gasteiger partial charge on any atom is 0.346 e. The van der Waals surface area contributed by atoms with Gasteiger partial charge in [-0.05, 0) is 18.6 Å². The smallest absolute Gasteiger partial charge is 0.265 e. The highest BCUT2D eigenvalue weighted by Gasteiger charge is 2.03. The minimum atomic E-state index is -0.275. The number of aryl methyl sites for hydroxylation is 1. The minimum Gasteiger partial charge on any atom is -0.265 e. The van der Waals surface area contributed by atoms with E-state index in [9.17, 15) is 4.79 Å². The van der Waals surface area contributed by atoms with E-state index in [1.54, 1.807) is 6.20 Å². The fourth-order valence-electron chi connectivity index (χ4n) is 1.13. The summed E-state index contributed by atoms with van der Waals surface area (Å²) < 4.78 is 1.44. The Morgan fingerprint density at radius 3 is 3.08 bits per heavy atom. The third-order valence-electron chi connectivity index (χ3n) is 1.64. The first-order chi connectivity index (χ1) is 5.68. The average molecular weight is 184 g/mol. The lowest BCUT2D eigenvalue weighted by Crippen LogP contribution is -2.16. The van der Waals surface area contributed by atoms with Gasteiger partial charge in [-0.1, -0.05) is 11.6 Å². The molecule has 0 bridgehead atoms. The summed E-state index contributed by atoms with van der Waals surface area (Å²) in [6.45, 7) is 1.89. The predicted molar refractivity (Wildman–Crippen MR) is 45.6 cm³/mol. The zero-order valence-electron chi connectivity index (χ0n) is 6.34. The minimum absolute atomic E-state index is 0.275. The Hall–Kier alpha value is -1.29. The number of nitrogens with zero attached hydrogens (tertiary/aromatic N) is 2. The molecule has 12 heavy (non-hydrogen) atoms. The molecule has 0 unspecified atom stereocenters. The van der Waals surface area contributed by atoms with Gasteiger partial charge in [0, 0.05) is 6.20 Å². The monoisotopic (exact) mass is 183 g/mol. The van der Waals surface area contributed by atoms with Crippen molar-refractivity contribution in [1.29, 1.82) is 0 Å². The van der Waals surface area contributed by atoms with Crippen LogP contribution in [0.25, 0.3) is 5.52 Å². The van der Waals surface area contributed by atoms with E-state index in [1.165, 1.54) is 4.40 Å². The topological polar surface area (TPSA) is 50.2 Å². The Morgan fingerprint density at radius 2 is 2.42 bits per heavy atom. The first-order valence-corrected chi connectivity index (χ1v) is 3.79. The molecule has 4 nitrogen and oxygen atoms in total. The van der Waals surface area contributed by atoms with E-state index < -0.39 is 0 Å². The highest BCUT2D eigenvalue weighted by Crippen LogP contribution is 2.13. The van der Waals surface area contributed by atoms with Crippen molar-refractivity contribution in [3.63, 3.8) is 0 Å². The molecule has 0 spiro atoms. The summed E-state index contributed by atoms with van der Waals surface area (Å²) in [5.41, 5.74) is 1.34. The second kappa shape index (κ2) is 2.35.